The molecular weight excluding hydrogens is 310 g/mol. The Morgan fingerprint density at radius 3 is 2.61 bits per heavy atom. The molecule has 0 N–H and O–H groups in total. The van der Waals surface area contributed by atoms with Crippen LogP contribution in [-0.4, -0.2) is 43.3 Å². The fourth-order valence-corrected chi connectivity index (χ4v) is 6.38. The van der Waals surface area contributed by atoms with Gasteiger partial charge in [0.2, 0.25) is 5.91 Å². The van der Waals surface area contributed by atoms with Crippen molar-refractivity contribution in [1.29, 1.82) is 0 Å². The van der Waals surface area contributed by atoms with Gasteiger partial charge in [0.05, 0.1) is 11.0 Å². The van der Waals surface area contributed by atoms with Crippen LogP contribution in [0.1, 0.15) is 64.2 Å². The predicted octanol–water partition coefficient (Wildman–Crippen LogP) is 3.08. The Morgan fingerprint density at radius 1 is 1.13 bits per heavy atom. The zero-order valence-electron chi connectivity index (χ0n) is 14.0. The molecule has 130 valence electrons. The number of piperidine rings is 1. The molecule has 23 heavy (non-hydrogen) atoms. The summed E-state index contributed by atoms with van der Waals surface area (Å²) in [5.74, 6) is 0.0834. The first-order valence-electron chi connectivity index (χ1n) is 9.15. The van der Waals surface area contributed by atoms with Crippen LogP contribution in [0.4, 0.5) is 0 Å². The highest BCUT2D eigenvalue weighted by Gasteiger charge is 2.37. The monoisotopic (exact) mass is 339 g/mol. The molecule has 0 unspecified atom stereocenters. The highest BCUT2D eigenvalue weighted by atomic mass is 32.2. The predicted molar refractivity (Wildman–Crippen MR) is 91.9 cm³/mol. The topological polar surface area (TPSA) is 54.5 Å². The zero-order chi connectivity index (χ0) is 16.3. The average Bonchev–Trinajstić information content (AvgIpc) is 3.09. The van der Waals surface area contributed by atoms with Crippen LogP contribution >= 0.6 is 0 Å². The molecule has 2 fully saturated rings. The number of rotatable bonds is 4. The number of likely N-dealkylation sites (tertiary alicyclic amines) is 1. The van der Waals surface area contributed by atoms with E-state index >= 15 is 0 Å². The second kappa shape index (κ2) is 6.96. The number of carbonyl (C=O) groups excluding carboxylic acids is 1. The van der Waals surface area contributed by atoms with Crippen LogP contribution in [0.3, 0.4) is 0 Å². The lowest BCUT2D eigenvalue weighted by Gasteiger charge is -2.44. The molecule has 0 radical (unpaired) electrons. The minimum Gasteiger partial charge on any atom is -0.342 e. The van der Waals surface area contributed by atoms with E-state index in [1.165, 1.54) is 6.42 Å². The lowest BCUT2D eigenvalue weighted by atomic mass is 9.71. The molecule has 1 amide bonds. The SMILES string of the molecule is O=C(CCS(=O)(=O)C1CCCC1)N1CCC[C@@]2(CC=CCC2)C1. The summed E-state index contributed by atoms with van der Waals surface area (Å²) >= 11 is 0. The highest BCUT2D eigenvalue weighted by Crippen LogP contribution is 2.40. The normalized spacial score (nSPS) is 29.3. The Bertz CT molecular complexity index is 563. The van der Waals surface area contributed by atoms with E-state index in [-0.39, 0.29) is 28.7 Å². The maximum absolute atomic E-state index is 12.5. The molecule has 2 aliphatic carbocycles. The van der Waals surface area contributed by atoms with Crippen molar-refractivity contribution in [2.24, 2.45) is 5.41 Å². The number of sulfone groups is 1. The fraction of sp³-hybridized carbons (Fsp3) is 0.833. The van der Waals surface area contributed by atoms with Gasteiger partial charge in [0, 0.05) is 19.5 Å². The van der Waals surface area contributed by atoms with Crippen LogP contribution in [0, 0.1) is 5.41 Å². The molecule has 0 aromatic heterocycles. The Balaban J connectivity index is 1.54. The van der Waals surface area contributed by atoms with Gasteiger partial charge in [-0.1, -0.05) is 25.0 Å². The summed E-state index contributed by atoms with van der Waals surface area (Å²) in [7, 11) is -3.09. The van der Waals surface area contributed by atoms with Crippen LogP contribution in [0.2, 0.25) is 0 Å². The Kier molecular flexibility index (Phi) is 5.14. The average molecular weight is 340 g/mol. The summed E-state index contributed by atoms with van der Waals surface area (Å²) in [5.41, 5.74) is 0.257. The van der Waals surface area contributed by atoms with Crippen LogP contribution in [0.15, 0.2) is 12.2 Å². The Labute approximate surface area is 140 Å². The maximum atomic E-state index is 12.5. The van der Waals surface area contributed by atoms with E-state index in [0.717, 1.165) is 64.5 Å². The van der Waals surface area contributed by atoms with Gasteiger partial charge in [-0.05, 0) is 50.4 Å². The van der Waals surface area contributed by atoms with E-state index in [1.54, 1.807) is 0 Å². The molecule has 0 aromatic carbocycles. The molecule has 1 heterocycles. The first kappa shape index (κ1) is 17.0. The summed E-state index contributed by atoms with van der Waals surface area (Å²) in [6.45, 7) is 1.62. The quantitative estimate of drug-likeness (QED) is 0.740. The number of hydrogen-bond donors (Lipinski definition) is 0. The lowest BCUT2D eigenvalue weighted by molar-refractivity contribution is -0.134. The van der Waals surface area contributed by atoms with Gasteiger partial charge in [0.25, 0.3) is 0 Å². The first-order valence-corrected chi connectivity index (χ1v) is 10.9. The van der Waals surface area contributed by atoms with Gasteiger partial charge in [-0.3, -0.25) is 4.79 Å². The van der Waals surface area contributed by atoms with Gasteiger partial charge in [0.15, 0.2) is 9.84 Å². The van der Waals surface area contributed by atoms with E-state index in [2.05, 4.69) is 12.2 Å². The van der Waals surface area contributed by atoms with Crippen molar-refractivity contribution in [3.05, 3.63) is 12.2 Å². The smallest absolute Gasteiger partial charge is 0.223 e. The van der Waals surface area contributed by atoms with E-state index in [1.807, 2.05) is 4.90 Å². The highest BCUT2D eigenvalue weighted by molar-refractivity contribution is 7.92. The van der Waals surface area contributed by atoms with Crippen LogP contribution < -0.4 is 0 Å². The van der Waals surface area contributed by atoms with Crippen molar-refractivity contribution in [2.45, 2.75) is 69.5 Å². The second-order valence-corrected chi connectivity index (χ2v) is 10.1. The summed E-state index contributed by atoms with van der Waals surface area (Å²) in [5, 5.41) is -0.188. The minimum absolute atomic E-state index is 0.0416. The van der Waals surface area contributed by atoms with Crippen molar-refractivity contribution in [3.63, 3.8) is 0 Å². The van der Waals surface area contributed by atoms with Gasteiger partial charge < -0.3 is 4.90 Å². The fourth-order valence-electron chi connectivity index (χ4n) is 4.54. The molecule has 0 aromatic rings. The Morgan fingerprint density at radius 2 is 1.91 bits per heavy atom. The van der Waals surface area contributed by atoms with Gasteiger partial charge in [-0.2, -0.15) is 0 Å². The van der Waals surface area contributed by atoms with Crippen molar-refractivity contribution in [2.75, 3.05) is 18.8 Å². The van der Waals surface area contributed by atoms with Crippen LogP contribution in [-0.2, 0) is 14.6 Å². The molecule has 3 aliphatic rings. The van der Waals surface area contributed by atoms with E-state index in [9.17, 15) is 13.2 Å². The van der Waals surface area contributed by atoms with Gasteiger partial charge in [-0.15, -0.1) is 0 Å². The number of nitrogens with zero attached hydrogens (tertiary/aromatic N) is 1. The van der Waals surface area contributed by atoms with Gasteiger partial charge in [-0.25, -0.2) is 8.42 Å². The molecule has 3 rings (SSSR count). The number of carbonyl (C=O) groups is 1. The largest absolute Gasteiger partial charge is 0.342 e. The van der Waals surface area contributed by atoms with Crippen molar-refractivity contribution in [3.8, 4) is 0 Å². The summed E-state index contributed by atoms with van der Waals surface area (Å²) in [6.07, 6.45) is 13.8. The molecule has 5 heteroatoms. The first-order chi connectivity index (χ1) is 11.0. The van der Waals surface area contributed by atoms with E-state index < -0.39 is 9.84 Å². The maximum Gasteiger partial charge on any atom is 0.223 e. The second-order valence-electron chi connectivity index (χ2n) is 7.66. The van der Waals surface area contributed by atoms with Crippen LogP contribution in [0.25, 0.3) is 0 Å². The third-order valence-corrected chi connectivity index (χ3v) is 8.24. The van der Waals surface area contributed by atoms with Crippen molar-refractivity contribution < 1.29 is 13.2 Å². The number of allylic oxidation sites excluding steroid dienone is 2. The van der Waals surface area contributed by atoms with E-state index in [0.29, 0.717) is 0 Å². The van der Waals surface area contributed by atoms with Gasteiger partial charge in [0.1, 0.15) is 0 Å². The number of hydrogen-bond acceptors (Lipinski definition) is 3. The Hall–Kier alpha value is -0.840. The minimum atomic E-state index is -3.09. The summed E-state index contributed by atoms with van der Waals surface area (Å²) in [6, 6.07) is 0. The van der Waals surface area contributed by atoms with Crippen molar-refractivity contribution in [1.82, 2.24) is 4.90 Å². The zero-order valence-corrected chi connectivity index (χ0v) is 14.8. The van der Waals surface area contributed by atoms with Gasteiger partial charge >= 0.3 is 0 Å². The lowest BCUT2D eigenvalue weighted by Crippen LogP contribution is -2.46. The third kappa shape index (κ3) is 3.98. The molecule has 4 nitrogen and oxygen atoms in total. The molecule has 1 spiro atoms. The van der Waals surface area contributed by atoms with Crippen LogP contribution in [0.5, 0.6) is 0 Å². The molecule has 1 saturated carbocycles. The van der Waals surface area contributed by atoms with Crippen molar-refractivity contribution >= 4 is 15.7 Å². The number of amides is 1. The molecule has 1 saturated heterocycles. The third-order valence-electron chi connectivity index (χ3n) is 5.98. The molecule has 0 bridgehead atoms. The standard InChI is InChI=1S/C18H29NO3S/c20-17(9-14-23(21,22)16-7-2-3-8-16)19-13-6-12-18(15-19)10-4-1-5-11-18/h1,4,16H,2-3,5-15H2/t18-/m0/s1. The summed E-state index contributed by atoms with van der Waals surface area (Å²) in [4.78, 5) is 14.5. The molecular formula is C18H29NO3S. The molecule has 1 aliphatic heterocycles. The molecule has 1 atom stereocenters. The van der Waals surface area contributed by atoms with E-state index in [4.69, 9.17) is 0 Å². The summed E-state index contributed by atoms with van der Waals surface area (Å²) < 4.78 is 24.7.